The van der Waals surface area contributed by atoms with Crippen molar-refractivity contribution in [1.82, 2.24) is 4.98 Å². The van der Waals surface area contributed by atoms with Gasteiger partial charge in [-0.15, -0.1) is 11.8 Å². The minimum absolute atomic E-state index is 0.108. The number of halogens is 3. The minimum atomic E-state index is -4.32. The van der Waals surface area contributed by atoms with Crippen LogP contribution in [0.1, 0.15) is 31.2 Å². The summed E-state index contributed by atoms with van der Waals surface area (Å²) < 4.78 is 37.1. The largest absolute Gasteiger partial charge is 0.417 e. The maximum Gasteiger partial charge on any atom is 0.417 e. The molecule has 0 amide bonds. The summed E-state index contributed by atoms with van der Waals surface area (Å²) in [6, 6.07) is 2.59. The summed E-state index contributed by atoms with van der Waals surface area (Å²) in [6.45, 7) is 0. The number of hydrogen-bond donors (Lipinski definition) is 1. The Kier molecular flexibility index (Phi) is 4.73. The molecular weight excluding hydrogens is 273 g/mol. The summed E-state index contributed by atoms with van der Waals surface area (Å²) in [4.78, 5) is 3.83. The predicted molar refractivity (Wildman–Crippen MR) is 69.9 cm³/mol. The van der Waals surface area contributed by atoms with E-state index < -0.39 is 11.7 Å². The van der Waals surface area contributed by atoms with E-state index in [1.807, 2.05) is 0 Å². The van der Waals surface area contributed by atoms with Crippen molar-refractivity contribution >= 4 is 11.8 Å². The number of hydrogen-bond acceptors (Lipinski definition) is 3. The third-order valence-electron chi connectivity index (χ3n) is 3.49. The molecule has 1 aromatic heterocycles. The van der Waals surface area contributed by atoms with Crippen molar-refractivity contribution < 1.29 is 13.2 Å². The molecule has 1 atom stereocenters. The van der Waals surface area contributed by atoms with Gasteiger partial charge in [0.05, 0.1) is 10.6 Å². The number of pyridine rings is 1. The number of alkyl halides is 3. The fourth-order valence-electron chi connectivity index (χ4n) is 2.34. The second kappa shape index (κ2) is 6.13. The lowest BCUT2D eigenvalue weighted by atomic mass is 10.0. The molecule has 1 unspecified atom stereocenters. The van der Waals surface area contributed by atoms with Gasteiger partial charge in [0.15, 0.2) is 0 Å². The van der Waals surface area contributed by atoms with Gasteiger partial charge >= 0.3 is 6.18 Å². The molecule has 0 saturated heterocycles. The minimum Gasteiger partial charge on any atom is -0.327 e. The first-order valence-electron chi connectivity index (χ1n) is 6.38. The summed E-state index contributed by atoms with van der Waals surface area (Å²) in [5.41, 5.74) is 5.39. The van der Waals surface area contributed by atoms with Crippen LogP contribution in [0, 0.1) is 5.92 Å². The van der Waals surface area contributed by atoms with Crippen molar-refractivity contribution in [3.8, 4) is 0 Å². The molecule has 1 heterocycles. The molecule has 19 heavy (non-hydrogen) atoms. The summed E-state index contributed by atoms with van der Waals surface area (Å²) in [5, 5.41) is 0.599. The highest BCUT2D eigenvalue weighted by atomic mass is 32.2. The second-order valence-corrected chi connectivity index (χ2v) is 5.94. The number of nitrogens with zero attached hydrogens (tertiary/aromatic N) is 1. The average molecular weight is 290 g/mol. The zero-order valence-electron chi connectivity index (χ0n) is 10.5. The van der Waals surface area contributed by atoms with Crippen LogP contribution in [0.5, 0.6) is 0 Å². The third kappa shape index (κ3) is 4.11. The Morgan fingerprint density at radius 3 is 2.53 bits per heavy atom. The van der Waals surface area contributed by atoms with Gasteiger partial charge in [0, 0.05) is 18.0 Å². The smallest absolute Gasteiger partial charge is 0.327 e. The van der Waals surface area contributed by atoms with Gasteiger partial charge in [-0.2, -0.15) is 13.2 Å². The monoisotopic (exact) mass is 290 g/mol. The first-order valence-corrected chi connectivity index (χ1v) is 7.37. The molecule has 0 bridgehead atoms. The highest BCUT2D eigenvalue weighted by Gasteiger charge is 2.30. The molecule has 0 aromatic carbocycles. The molecule has 1 fully saturated rings. The Labute approximate surface area is 115 Å². The number of rotatable bonds is 4. The Morgan fingerprint density at radius 1 is 1.32 bits per heavy atom. The highest BCUT2D eigenvalue weighted by molar-refractivity contribution is 7.99. The van der Waals surface area contributed by atoms with E-state index in [1.165, 1.54) is 43.5 Å². The molecule has 1 saturated carbocycles. The van der Waals surface area contributed by atoms with Crippen molar-refractivity contribution in [2.24, 2.45) is 11.7 Å². The van der Waals surface area contributed by atoms with E-state index in [-0.39, 0.29) is 6.04 Å². The standard InChI is InChI=1S/C13H17F3N2S/c14-13(15,16)10-5-6-12(18-7-10)19-8-11(17)9-3-1-2-4-9/h5-7,9,11H,1-4,8,17H2. The lowest BCUT2D eigenvalue weighted by Crippen LogP contribution is -2.30. The maximum absolute atomic E-state index is 12.4. The van der Waals surface area contributed by atoms with Crippen LogP contribution in [-0.2, 0) is 6.18 Å². The molecule has 2 rings (SSSR count). The Hall–Kier alpha value is -0.750. The normalized spacial score (nSPS) is 18.7. The van der Waals surface area contributed by atoms with E-state index in [0.29, 0.717) is 16.7 Å². The zero-order chi connectivity index (χ0) is 13.9. The fraction of sp³-hybridized carbons (Fsp3) is 0.615. The molecule has 0 spiro atoms. The molecule has 0 radical (unpaired) electrons. The maximum atomic E-state index is 12.4. The van der Waals surface area contributed by atoms with E-state index >= 15 is 0 Å². The van der Waals surface area contributed by atoms with Gasteiger partial charge < -0.3 is 5.73 Å². The van der Waals surface area contributed by atoms with Crippen molar-refractivity contribution in [2.75, 3.05) is 5.75 Å². The van der Waals surface area contributed by atoms with Gasteiger partial charge in [-0.25, -0.2) is 4.98 Å². The lowest BCUT2D eigenvalue weighted by molar-refractivity contribution is -0.137. The van der Waals surface area contributed by atoms with Crippen LogP contribution in [0.15, 0.2) is 23.4 Å². The summed E-state index contributed by atoms with van der Waals surface area (Å²) in [5.74, 6) is 1.27. The Bertz CT molecular complexity index is 399. The van der Waals surface area contributed by atoms with Gasteiger partial charge in [-0.1, -0.05) is 12.8 Å². The summed E-state index contributed by atoms with van der Waals surface area (Å²) >= 11 is 1.43. The van der Waals surface area contributed by atoms with Crippen molar-refractivity contribution in [1.29, 1.82) is 0 Å². The molecule has 1 aromatic rings. The SMILES string of the molecule is NC(CSc1ccc(C(F)(F)F)cn1)C1CCCC1. The fourth-order valence-corrected chi connectivity index (χ4v) is 3.26. The predicted octanol–water partition coefficient (Wildman–Crippen LogP) is 3.71. The van der Waals surface area contributed by atoms with Gasteiger partial charge in [-0.3, -0.25) is 0 Å². The van der Waals surface area contributed by atoms with Crippen LogP contribution in [0.25, 0.3) is 0 Å². The van der Waals surface area contributed by atoms with E-state index in [9.17, 15) is 13.2 Å². The van der Waals surface area contributed by atoms with Gasteiger partial charge in [0.1, 0.15) is 0 Å². The van der Waals surface area contributed by atoms with Crippen LogP contribution in [0.4, 0.5) is 13.2 Å². The first-order chi connectivity index (χ1) is 8.97. The topological polar surface area (TPSA) is 38.9 Å². The van der Waals surface area contributed by atoms with E-state index in [1.54, 1.807) is 0 Å². The Morgan fingerprint density at radius 2 is 2.00 bits per heavy atom. The zero-order valence-corrected chi connectivity index (χ0v) is 11.3. The third-order valence-corrected chi connectivity index (χ3v) is 4.58. The molecule has 106 valence electrons. The van der Waals surface area contributed by atoms with Crippen LogP contribution in [0.2, 0.25) is 0 Å². The first kappa shape index (κ1) is 14.7. The van der Waals surface area contributed by atoms with E-state index in [0.717, 1.165) is 12.3 Å². The molecule has 1 aliphatic carbocycles. The quantitative estimate of drug-likeness (QED) is 0.859. The van der Waals surface area contributed by atoms with Crippen LogP contribution in [-0.4, -0.2) is 16.8 Å². The number of aromatic nitrogens is 1. The van der Waals surface area contributed by atoms with Gasteiger partial charge in [0.25, 0.3) is 0 Å². The van der Waals surface area contributed by atoms with Crippen molar-refractivity contribution in [3.63, 3.8) is 0 Å². The van der Waals surface area contributed by atoms with Gasteiger partial charge in [0.2, 0.25) is 0 Å². The highest BCUT2D eigenvalue weighted by Crippen LogP contribution is 2.31. The molecule has 6 heteroatoms. The van der Waals surface area contributed by atoms with Gasteiger partial charge in [-0.05, 0) is 30.9 Å². The van der Waals surface area contributed by atoms with Crippen molar-refractivity contribution in [3.05, 3.63) is 23.9 Å². The second-order valence-electron chi connectivity index (χ2n) is 4.90. The van der Waals surface area contributed by atoms with Crippen LogP contribution in [0.3, 0.4) is 0 Å². The summed E-state index contributed by atoms with van der Waals surface area (Å²) in [6.07, 6.45) is 1.37. The molecule has 0 aliphatic heterocycles. The Balaban J connectivity index is 1.86. The summed E-state index contributed by atoms with van der Waals surface area (Å²) in [7, 11) is 0. The molecular formula is C13H17F3N2S. The molecule has 2 N–H and O–H groups in total. The molecule has 2 nitrogen and oxygen atoms in total. The van der Waals surface area contributed by atoms with Crippen LogP contribution >= 0.6 is 11.8 Å². The lowest BCUT2D eigenvalue weighted by Gasteiger charge is -2.17. The average Bonchev–Trinajstić information content (AvgIpc) is 2.89. The van der Waals surface area contributed by atoms with E-state index in [4.69, 9.17) is 5.73 Å². The van der Waals surface area contributed by atoms with Crippen molar-refractivity contribution in [2.45, 2.75) is 42.9 Å². The number of nitrogens with two attached hydrogens (primary N) is 1. The number of thioether (sulfide) groups is 1. The van der Waals surface area contributed by atoms with E-state index in [2.05, 4.69) is 4.98 Å². The molecule has 1 aliphatic rings. The van der Waals surface area contributed by atoms with Crippen LogP contribution < -0.4 is 5.73 Å².